The van der Waals surface area contributed by atoms with Gasteiger partial charge in [-0.3, -0.25) is 9.78 Å². The van der Waals surface area contributed by atoms with Gasteiger partial charge in [0.05, 0.1) is 13.7 Å². The summed E-state index contributed by atoms with van der Waals surface area (Å²) >= 11 is 0. The van der Waals surface area contributed by atoms with E-state index in [0.29, 0.717) is 17.0 Å². The van der Waals surface area contributed by atoms with Crippen molar-refractivity contribution in [2.45, 2.75) is 6.54 Å². The molecule has 3 N–H and O–H groups in total. The van der Waals surface area contributed by atoms with Crippen molar-refractivity contribution in [3.05, 3.63) is 74.9 Å². The normalized spacial score (nSPS) is 10.5. The average molecular weight is 324 g/mol. The van der Waals surface area contributed by atoms with Crippen molar-refractivity contribution >= 4 is 5.69 Å². The average Bonchev–Trinajstić information content (AvgIpc) is 2.59. The molecule has 3 rings (SSSR count). The summed E-state index contributed by atoms with van der Waals surface area (Å²) in [6.45, 7) is 0.235. The van der Waals surface area contributed by atoms with Crippen molar-refractivity contribution < 1.29 is 4.74 Å². The number of methoxy groups -OCH3 is 1. The zero-order valence-corrected chi connectivity index (χ0v) is 13.0. The SMILES string of the molecule is COc1ccc(-c2nn(Cc3ccc(N)cc3)c(=O)[nH]c2=O)cc1. The van der Waals surface area contributed by atoms with E-state index in [1.54, 1.807) is 43.5 Å². The van der Waals surface area contributed by atoms with Crippen LogP contribution in [0, 0.1) is 0 Å². The third-order valence-corrected chi connectivity index (χ3v) is 3.57. The Morgan fingerprint density at radius 1 is 1.08 bits per heavy atom. The lowest BCUT2D eigenvalue weighted by molar-refractivity contribution is 0.415. The number of hydrogen-bond donors (Lipinski definition) is 2. The molecule has 122 valence electrons. The van der Waals surface area contributed by atoms with E-state index in [9.17, 15) is 9.59 Å². The largest absolute Gasteiger partial charge is 0.497 e. The van der Waals surface area contributed by atoms with Gasteiger partial charge in [0.1, 0.15) is 5.75 Å². The van der Waals surface area contributed by atoms with Gasteiger partial charge in [-0.15, -0.1) is 0 Å². The summed E-state index contributed by atoms with van der Waals surface area (Å²) in [6.07, 6.45) is 0. The highest BCUT2D eigenvalue weighted by atomic mass is 16.5. The standard InChI is InChI=1S/C17H16N4O3/c1-24-14-8-4-12(5-9-14)15-16(22)19-17(23)21(20-15)10-11-2-6-13(18)7-3-11/h2-9H,10,18H2,1H3,(H,19,22,23). The predicted octanol–water partition coefficient (Wildman–Crippen LogP) is 1.24. The maximum atomic E-state index is 12.1. The summed E-state index contributed by atoms with van der Waals surface area (Å²) in [6, 6.07) is 14.0. The maximum absolute atomic E-state index is 12.1. The Balaban J connectivity index is 2.00. The van der Waals surface area contributed by atoms with Crippen LogP contribution in [0.4, 0.5) is 5.69 Å². The number of benzene rings is 2. The van der Waals surface area contributed by atoms with Gasteiger partial charge in [-0.1, -0.05) is 12.1 Å². The zero-order valence-electron chi connectivity index (χ0n) is 13.0. The van der Waals surface area contributed by atoms with Crippen molar-refractivity contribution in [3.8, 4) is 17.0 Å². The molecule has 2 aromatic carbocycles. The molecule has 0 saturated heterocycles. The number of aromatic nitrogens is 3. The molecule has 0 atom stereocenters. The lowest BCUT2D eigenvalue weighted by Gasteiger charge is -2.07. The molecule has 24 heavy (non-hydrogen) atoms. The van der Waals surface area contributed by atoms with E-state index < -0.39 is 11.2 Å². The first-order chi connectivity index (χ1) is 11.6. The van der Waals surface area contributed by atoms with Crippen LogP contribution in [0.3, 0.4) is 0 Å². The Bertz CT molecular complexity index is 957. The van der Waals surface area contributed by atoms with Crippen LogP contribution in [0.5, 0.6) is 5.75 Å². The molecule has 0 aliphatic heterocycles. The number of hydrogen-bond acceptors (Lipinski definition) is 5. The number of nitrogen functional groups attached to an aromatic ring is 1. The van der Waals surface area contributed by atoms with Gasteiger partial charge >= 0.3 is 5.69 Å². The van der Waals surface area contributed by atoms with Gasteiger partial charge in [0.2, 0.25) is 0 Å². The fourth-order valence-corrected chi connectivity index (χ4v) is 2.27. The second-order valence-electron chi connectivity index (χ2n) is 5.24. The highest BCUT2D eigenvalue weighted by Crippen LogP contribution is 2.17. The molecule has 7 heteroatoms. The third kappa shape index (κ3) is 3.19. The van der Waals surface area contributed by atoms with Crippen molar-refractivity contribution in [1.82, 2.24) is 14.8 Å². The smallest absolute Gasteiger partial charge is 0.345 e. The lowest BCUT2D eigenvalue weighted by atomic mass is 10.1. The molecule has 1 aromatic heterocycles. The second-order valence-corrected chi connectivity index (χ2v) is 5.24. The molecule has 1 heterocycles. The minimum Gasteiger partial charge on any atom is -0.497 e. The molecular formula is C17H16N4O3. The minimum atomic E-state index is -0.561. The topological polar surface area (TPSA) is 103 Å². The highest BCUT2D eigenvalue weighted by molar-refractivity contribution is 5.58. The van der Waals surface area contributed by atoms with Crippen molar-refractivity contribution in [3.63, 3.8) is 0 Å². The molecule has 0 aliphatic carbocycles. The Kier molecular flexibility index (Phi) is 4.15. The van der Waals surface area contributed by atoms with Crippen LogP contribution in [0.1, 0.15) is 5.56 Å². The zero-order chi connectivity index (χ0) is 17.1. The fraction of sp³-hybridized carbons (Fsp3) is 0.118. The van der Waals surface area contributed by atoms with Gasteiger partial charge in [-0.05, 0) is 42.0 Å². The third-order valence-electron chi connectivity index (χ3n) is 3.57. The van der Waals surface area contributed by atoms with E-state index in [-0.39, 0.29) is 12.2 Å². The van der Waals surface area contributed by atoms with Gasteiger partial charge in [0, 0.05) is 11.3 Å². The molecular weight excluding hydrogens is 308 g/mol. The number of rotatable bonds is 4. The Morgan fingerprint density at radius 3 is 2.38 bits per heavy atom. The van der Waals surface area contributed by atoms with Crippen molar-refractivity contribution in [2.75, 3.05) is 12.8 Å². The molecule has 0 amide bonds. The van der Waals surface area contributed by atoms with Crippen LogP contribution >= 0.6 is 0 Å². The first-order valence-corrected chi connectivity index (χ1v) is 7.27. The summed E-state index contributed by atoms with van der Waals surface area (Å²) in [5.41, 5.74) is 6.83. The summed E-state index contributed by atoms with van der Waals surface area (Å²) < 4.78 is 6.31. The Labute approximate surface area is 137 Å². The molecule has 0 fully saturated rings. The molecule has 0 unspecified atom stereocenters. The van der Waals surface area contributed by atoms with Crippen LogP contribution in [0.25, 0.3) is 11.3 Å². The summed E-state index contributed by atoms with van der Waals surface area (Å²) in [4.78, 5) is 26.4. The van der Waals surface area contributed by atoms with Gasteiger partial charge in [-0.2, -0.15) is 5.10 Å². The van der Waals surface area contributed by atoms with Crippen LogP contribution in [-0.2, 0) is 6.54 Å². The van der Waals surface area contributed by atoms with Gasteiger partial charge < -0.3 is 10.5 Å². The van der Waals surface area contributed by atoms with E-state index in [1.165, 1.54) is 4.68 Å². The Hall–Kier alpha value is -3.35. The molecule has 0 bridgehead atoms. The number of nitrogens with one attached hydrogen (secondary N) is 1. The molecule has 0 saturated carbocycles. The van der Waals surface area contributed by atoms with E-state index >= 15 is 0 Å². The lowest BCUT2D eigenvalue weighted by Crippen LogP contribution is -2.33. The molecule has 0 radical (unpaired) electrons. The minimum absolute atomic E-state index is 0.174. The van der Waals surface area contributed by atoms with Gasteiger partial charge in [0.15, 0.2) is 5.69 Å². The highest BCUT2D eigenvalue weighted by Gasteiger charge is 2.10. The predicted molar refractivity (Wildman–Crippen MR) is 91.1 cm³/mol. The summed E-state index contributed by atoms with van der Waals surface area (Å²) in [5, 5.41) is 4.20. The molecule has 0 aliphatic rings. The van der Waals surface area contributed by atoms with Crippen LogP contribution < -0.4 is 21.7 Å². The van der Waals surface area contributed by atoms with Gasteiger partial charge in [-0.25, -0.2) is 9.48 Å². The number of H-pyrrole nitrogens is 1. The monoisotopic (exact) mass is 324 g/mol. The summed E-state index contributed by atoms with van der Waals surface area (Å²) in [7, 11) is 1.56. The first kappa shape index (κ1) is 15.5. The van der Waals surface area contributed by atoms with Crippen LogP contribution in [0.2, 0.25) is 0 Å². The molecule has 7 nitrogen and oxygen atoms in total. The van der Waals surface area contributed by atoms with Crippen LogP contribution in [-0.4, -0.2) is 21.9 Å². The second kappa shape index (κ2) is 6.41. The first-order valence-electron chi connectivity index (χ1n) is 7.27. The van der Waals surface area contributed by atoms with E-state index in [4.69, 9.17) is 10.5 Å². The number of ether oxygens (including phenoxy) is 1. The van der Waals surface area contributed by atoms with E-state index in [2.05, 4.69) is 10.1 Å². The Morgan fingerprint density at radius 2 is 1.75 bits per heavy atom. The molecule has 3 aromatic rings. The molecule has 0 spiro atoms. The van der Waals surface area contributed by atoms with E-state index in [1.807, 2.05) is 12.1 Å². The van der Waals surface area contributed by atoms with Crippen LogP contribution in [0.15, 0.2) is 58.1 Å². The summed E-state index contributed by atoms with van der Waals surface area (Å²) in [5.74, 6) is 0.672. The van der Waals surface area contributed by atoms with Gasteiger partial charge in [0.25, 0.3) is 5.56 Å². The number of anilines is 1. The maximum Gasteiger partial charge on any atom is 0.345 e. The number of nitrogens with zero attached hydrogens (tertiary/aromatic N) is 2. The van der Waals surface area contributed by atoms with Crippen molar-refractivity contribution in [2.24, 2.45) is 0 Å². The quantitative estimate of drug-likeness (QED) is 0.703. The van der Waals surface area contributed by atoms with Crippen molar-refractivity contribution in [1.29, 1.82) is 0 Å². The fourth-order valence-electron chi connectivity index (χ4n) is 2.27. The number of aromatic amines is 1. The number of nitrogens with two attached hydrogens (primary N) is 1. The van der Waals surface area contributed by atoms with E-state index in [0.717, 1.165) is 5.56 Å².